The van der Waals surface area contributed by atoms with Crippen molar-refractivity contribution in [2.75, 3.05) is 26.2 Å². The number of hydrogen-bond donors (Lipinski definition) is 2. The van der Waals surface area contributed by atoms with Crippen molar-refractivity contribution in [3.8, 4) is 11.1 Å². The molecule has 0 spiro atoms. The average Bonchev–Trinajstić information content (AvgIpc) is 3.06. The van der Waals surface area contributed by atoms with Gasteiger partial charge in [-0.25, -0.2) is 0 Å². The molecule has 0 saturated carbocycles. The highest BCUT2D eigenvalue weighted by molar-refractivity contribution is 6.33. The number of fused-ring (bicyclic) bond motifs is 1. The van der Waals surface area contributed by atoms with Crippen LogP contribution >= 0.6 is 11.6 Å². The molecule has 4 nitrogen and oxygen atoms in total. The third-order valence-electron chi connectivity index (χ3n) is 4.46. The van der Waals surface area contributed by atoms with Gasteiger partial charge < -0.3 is 15.2 Å². The summed E-state index contributed by atoms with van der Waals surface area (Å²) in [6, 6.07) is 15.7. The summed E-state index contributed by atoms with van der Waals surface area (Å²) in [5.41, 5.74) is 3.59. The van der Waals surface area contributed by atoms with Gasteiger partial charge in [-0.2, -0.15) is 0 Å². The van der Waals surface area contributed by atoms with Crippen LogP contribution in [-0.2, 0) is 0 Å². The summed E-state index contributed by atoms with van der Waals surface area (Å²) in [7, 11) is 0. The Morgan fingerprint density at radius 1 is 1.00 bits per heavy atom. The average molecular weight is 340 g/mol. The number of carbonyl (C=O) groups is 1. The number of H-pyrrole nitrogens is 1. The zero-order chi connectivity index (χ0) is 16.5. The van der Waals surface area contributed by atoms with Gasteiger partial charge in [0.25, 0.3) is 5.91 Å². The van der Waals surface area contributed by atoms with E-state index >= 15 is 0 Å². The molecule has 5 heteroatoms. The van der Waals surface area contributed by atoms with Crippen molar-refractivity contribution in [1.82, 2.24) is 15.2 Å². The molecule has 4 rings (SSSR count). The van der Waals surface area contributed by atoms with Gasteiger partial charge in [0.15, 0.2) is 0 Å². The molecule has 0 bridgehead atoms. The first-order chi connectivity index (χ1) is 11.7. The van der Waals surface area contributed by atoms with E-state index in [4.69, 9.17) is 11.6 Å². The molecule has 0 radical (unpaired) electrons. The van der Waals surface area contributed by atoms with E-state index in [1.54, 1.807) is 0 Å². The summed E-state index contributed by atoms with van der Waals surface area (Å²) in [6.45, 7) is 3.17. The van der Waals surface area contributed by atoms with E-state index in [-0.39, 0.29) is 5.91 Å². The first kappa shape index (κ1) is 15.2. The summed E-state index contributed by atoms with van der Waals surface area (Å²) >= 11 is 6.36. The highest BCUT2D eigenvalue weighted by Gasteiger charge is 2.20. The van der Waals surface area contributed by atoms with Gasteiger partial charge in [0.05, 0.1) is 0 Å². The number of rotatable bonds is 2. The first-order valence-electron chi connectivity index (χ1n) is 8.10. The molecule has 1 fully saturated rings. The number of hydrogen-bond acceptors (Lipinski definition) is 2. The molecule has 3 aromatic rings. The van der Waals surface area contributed by atoms with Crippen LogP contribution in [-0.4, -0.2) is 42.0 Å². The van der Waals surface area contributed by atoms with E-state index in [0.29, 0.717) is 10.7 Å². The lowest BCUT2D eigenvalue weighted by molar-refractivity contribution is 0.0731. The predicted octanol–water partition coefficient (Wildman–Crippen LogP) is 3.53. The molecule has 1 aromatic heterocycles. The van der Waals surface area contributed by atoms with Crippen LogP contribution in [0.2, 0.25) is 5.02 Å². The Kier molecular flexibility index (Phi) is 4.00. The maximum atomic E-state index is 12.7. The molecule has 1 aliphatic heterocycles. The van der Waals surface area contributed by atoms with Crippen LogP contribution in [0.1, 0.15) is 10.5 Å². The number of halogens is 1. The van der Waals surface area contributed by atoms with Crippen molar-refractivity contribution in [3.05, 3.63) is 59.2 Å². The maximum absolute atomic E-state index is 12.7. The second-order valence-corrected chi connectivity index (χ2v) is 6.38. The molecule has 122 valence electrons. The number of nitrogens with one attached hydrogen (secondary N) is 2. The second kappa shape index (κ2) is 6.30. The molecular formula is C19H18ClN3O. The molecule has 24 heavy (non-hydrogen) atoms. The minimum absolute atomic E-state index is 0.0535. The number of nitrogens with zero attached hydrogens (tertiary/aromatic N) is 1. The number of aromatic amines is 1. The Bertz CT molecular complexity index is 897. The molecule has 2 N–H and O–H groups in total. The van der Waals surface area contributed by atoms with Crippen molar-refractivity contribution >= 4 is 28.4 Å². The van der Waals surface area contributed by atoms with E-state index in [0.717, 1.165) is 48.2 Å². The van der Waals surface area contributed by atoms with Gasteiger partial charge in [0, 0.05) is 47.7 Å². The van der Waals surface area contributed by atoms with Gasteiger partial charge >= 0.3 is 0 Å². The summed E-state index contributed by atoms with van der Waals surface area (Å²) in [4.78, 5) is 17.9. The summed E-state index contributed by atoms with van der Waals surface area (Å²) < 4.78 is 0. The topological polar surface area (TPSA) is 48.1 Å². The molecular weight excluding hydrogens is 322 g/mol. The molecule has 1 saturated heterocycles. The van der Waals surface area contributed by atoms with Crippen LogP contribution in [0, 0.1) is 0 Å². The normalized spacial score (nSPS) is 15.0. The highest BCUT2D eigenvalue weighted by Crippen LogP contribution is 2.33. The van der Waals surface area contributed by atoms with E-state index in [1.807, 2.05) is 53.4 Å². The quantitative estimate of drug-likeness (QED) is 0.750. The Morgan fingerprint density at radius 3 is 2.54 bits per heavy atom. The van der Waals surface area contributed by atoms with Gasteiger partial charge in [0.1, 0.15) is 5.69 Å². The Balaban J connectivity index is 1.77. The fourth-order valence-corrected chi connectivity index (χ4v) is 3.46. The minimum Gasteiger partial charge on any atom is -0.351 e. The van der Waals surface area contributed by atoms with Crippen LogP contribution in [0.3, 0.4) is 0 Å². The Labute approximate surface area is 145 Å². The number of piperazine rings is 1. The molecule has 2 aromatic carbocycles. The summed E-state index contributed by atoms with van der Waals surface area (Å²) in [5, 5.41) is 4.99. The van der Waals surface area contributed by atoms with Crippen molar-refractivity contribution in [3.63, 3.8) is 0 Å². The summed E-state index contributed by atoms with van der Waals surface area (Å²) in [6.07, 6.45) is 0. The van der Waals surface area contributed by atoms with Gasteiger partial charge in [-0.15, -0.1) is 0 Å². The van der Waals surface area contributed by atoms with Crippen LogP contribution in [0.25, 0.3) is 22.0 Å². The van der Waals surface area contributed by atoms with E-state index in [9.17, 15) is 4.79 Å². The lowest BCUT2D eigenvalue weighted by atomic mass is 10.0. The van der Waals surface area contributed by atoms with Crippen LogP contribution in [0.15, 0.2) is 48.5 Å². The Morgan fingerprint density at radius 2 is 1.75 bits per heavy atom. The highest BCUT2D eigenvalue weighted by atomic mass is 35.5. The van der Waals surface area contributed by atoms with E-state index < -0.39 is 0 Å². The zero-order valence-electron chi connectivity index (χ0n) is 13.2. The number of carbonyl (C=O) groups excluding carboxylic acids is 1. The molecule has 1 amide bonds. The van der Waals surface area contributed by atoms with Gasteiger partial charge in [-0.1, -0.05) is 41.9 Å². The first-order valence-corrected chi connectivity index (χ1v) is 8.48. The zero-order valence-corrected chi connectivity index (χ0v) is 13.9. The van der Waals surface area contributed by atoms with Crippen molar-refractivity contribution in [1.29, 1.82) is 0 Å². The third kappa shape index (κ3) is 2.68. The van der Waals surface area contributed by atoms with Crippen LogP contribution in [0.5, 0.6) is 0 Å². The standard InChI is InChI=1S/C19H18ClN3O/c20-16-6-2-1-4-14(16)13-5-3-7-17-15(13)12-18(22-17)19(24)23-10-8-21-9-11-23/h1-7,12,21-22H,8-11H2. The van der Waals surface area contributed by atoms with E-state index in [1.165, 1.54) is 0 Å². The van der Waals surface area contributed by atoms with Gasteiger partial charge in [-0.3, -0.25) is 4.79 Å². The lowest BCUT2D eigenvalue weighted by Crippen LogP contribution is -2.46. The van der Waals surface area contributed by atoms with Crippen LogP contribution < -0.4 is 5.32 Å². The van der Waals surface area contributed by atoms with Crippen LogP contribution in [0.4, 0.5) is 0 Å². The van der Waals surface area contributed by atoms with Crippen molar-refractivity contribution in [2.24, 2.45) is 0 Å². The smallest absolute Gasteiger partial charge is 0.270 e. The lowest BCUT2D eigenvalue weighted by Gasteiger charge is -2.26. The van der Waals surface area contributed by atoms with Gasteiger partial charge in [0.2, 0.25) is 0 Å². The second-order valence-electron chi connectivity index (χ2n) is 5.97. The monoisotopic (exact) mass is 339 g/mol. The van der Waals surface area contributed by atoms with Crippen molar-refractivity contribution < 1.29 is 4.79 Å². The maximum Gasteiger partial charge on any atom is 0.270 e. The SMILES string of the molecule is O=C(c1cc2c(-c3ccccc3Cl)cccc2[nH]1)N1CCNCC1. The third-order valence-corrected chi connectivity index (χ3v) is 4.79. The molecule has 1 aliphatic rings. The fraction of sp³-hybridized carbons (Fsp3) is 0.211. The minimum atomic E-state index is 0.0535. The molecule has 0 atom stereocenters. The number of benzene rings is 2. The van der Waals surface area contributed by atoms with Crippen molar-refractivity contribution in [2.45, 2.75) is 0 Å². The largest absolute Gasteiger partial charge is 0.351 e. The summed E-state index contributed by atoms with van der Waals surface area (Å²) in [5.74, 6) is 0.0535. The number of aromatic nitrogens is 1. The van der Waals surface area contributed by atoms with E-state index in [2.05, 4.69) is 10.3 Å². The predicted molar refractivity (Wildman–Crippen MR) is 97.5 cm³/mol. The molecule has 0 unspecified atom stereocenters. The Hall–Kier alpha value is -2.30. The van der Waals surface area contributed by atoms with Gasteiger partial charge in [-0.05, 0) is 23.8 Å². The molecule has 2 heterocycles. The fourth-order valence-electron chi connectivity index (χ4n) is 3.22. The molecule has 0 aliphatic carbocycles. The number of amides is 1.